The maximum absolute atomic E-state index is 11.5. The molecule has 6 heteroatoms. The topological polar surface area (TPSA) is 73.2 Å². The Kier molecular flexibility index (Phi) is 4.68. The van der Waals surface area contributed by atoms with Crippen LogP contribution in [0.2, 0.25) is 0 Å². The first-order chi connectivity index (χ1) is 8.02. The number of hydrogen-bond acceptors (Lipinski definition) is 4. The summed E-state index contributed by atoms with van der Waals surface area (Å²) >= 11 is 0. The van der Waals surface area contributed by atoms with Crippen molar-refractivity contribution in [3.8, 4) is 0 Å². The van der Waals surface area contributed by atoms with E-state index in [0.717, 1.165) is 11.4 Å². The number of esters is 1. The van der Waals surface area contributed by atoms with Gasteiger partial charge in [-0.1, -0.05) is 0 Å². The van der Waals surface area contributed by atoms with Gasteiger partial charge in [0.05, 0.1) is 12.3 Å². The van der Waals surface area contributed by atoms with E-state index in [-0.39, 0.29) is 19.0 Å². The van der Waals surface area contributed by atoms with Gasteiger partial charge in [0.2, 0.25) is 5.91 Å². The number of amides is 1. The van der Waals surface area contributed by atoms with Crippen LogP contribution in [-0.4, -0.2) is 34.8 Å². The Morgan fingerprint density at radius 3 is 2.71 bits per heavy atom. The predicted octanol–water partition coefficient (Wildman–Crippen LogP) is 0.179. The molecule has 1 amide bonds. The lowest BCUT2D eigenvalue weighted by Crippen LogP contribution is -2.33. The second-order valence-corrected chi connectivity index (χ2v) is 3.67. The molecule has 0 radical (unpaired) electrons. The van der Waals surface area contributed by atoms with Crippen molar-refractivity contribution in [1.29, 1.82) is 0 Å². The predicted molar refractivity (Wildman–Crippen MR) is 61.3 cm³/mol. The number of ether oxygens (including phenoxy) is 1. The Morgan fingerprint density at radius 2 is 2.18 bits per heavy atom. The van der Waals surface area contributed by atoms with E-state index in [9.17, 15) is 9.59 Å². The first-order valence-corrected chi connectivity index (χ1v) is 5.46. The molecule has 0 atom stereocenters. The maximum Gasteiger partial charge on any atom is 0.325 e. The largest absolute Gasteiger partial charge is 0.465 e. The molecule has 0 spiro atoms. The van der Waals surface area contributed by atoms with Crippen LogP contribution in [0.15, 0.2) is 6.07 Å². The highest BCUT2D eigenvalue weighted by molar-refractivity contribution is 5.81. The molecule has 0 aromatic carbocycles. The van der Waals surface area contributed by atoms with Crippen LogP contribution < -0.4 is 5.32 Å². The molecule has 94 valence electrons. The minimum Gasteiger partial charge on any atom is -0.465 e. The smallest absolute Gasteiger partial charge is 0.325 e. The van der Waals surface area contributed by atoms with Crippen LogP contribution in [0.1, 0.15) is 18.3 Å². The summed E-state index contributed by atoms with van der Waals surface area (Å²) in [7, 11) is 0. The van der Waals surface area contributed by atoms with E-state index >= 15 is 0 Å². The summed E-state index contributed by atoms with van der Waals surface area (Å²) in [5.74, 6) is -0.696. The Bertz CT molecular complexity index is 412. The van der Waals surface area contributed by atoms with Crippen molar-refractivity contribution in [2.75, 3.05) is 13.2 Å². The first kappa shape index (κ1) is 13.2. The number of carbonyl (C=O) groups excluding carboxylic acids is 2. The number of aryl methyl sites for hydroxylation is 2. The Labute approximate surface area is 99.9 Å². The van der Waals surface area contributed by atoms with Crippen molar-refractivity contribution in [1.82, 2.24) is 15.1 Å². The summed E-state index contributed by atoms with van der Waals surface area (Å²) in [6.45, 7) is 5.77. The van der Waals surface area contributed by atoms with E-state index < -0.39 is 5.97 Å². The lowest BCUT2D eigenvalue weighted by molar-refractivity contribution is -0.143. The van der Waals surface area contributed by atoms with E-state index in [0.29, 0.717) is 6.61 Å². The average Bonchev–Trinajstić information content (AvgIpc) is 2.55. The molecule has 0 fully saturated rings. The normalized spacial score (nSPS) is 10.1. The van der Waals surface area contributed by atoms with Crippen molar-refractivity contribution >= 4 is 11.9 Å². The van der Waals surface area contributed by atoms with Crippen LogP contribution in [-0.2, 0) is 20.9 Å². The first-order valence-electron chi connectivity index (χ1n) is 5.46. The zero-order valence-corrected chi connectivity index (χ0v) is 10.3. The number of nitrogens with zero attached hydrogens (tertiary/aromatic N) is 2. The zero-order chi connectivity index (χ0) is 12.8. The minimum absolute atomic E-state index is 0.105. The van der Waals surface area contributed by atoms with E-state index in [2.05, 4.69) is 10.4 Å². The van der Waals surface area contributed by atoms with Crippen LogP contribution in [0.5, 0.6) is 0 Å². The van der Waals surface area contributed by atoms with Gasteiger partial charge in [-0.25, -0.2) is 0 Å². The third-order valence-corrected chi connectivity index (χ3v) is 2.13. The van der Waals surface area contributed by atoms with E-state index in [4.69, 9.17) is 4.74 Å². The molecule has 0 saturated carbocycles. The Balaban J connectivity index is 2.40. The number of aromatic nitrogens is 2. The minimum atomic E-state index is -0.436. The number of rotatable bonds is 5. The molecule has 1 rings (SSSR count). The fraction of sp³-hybridized carbons (Fsp3) is 0.545. The van der Waals surface area contributed by atoms with Gasteiger partial charge in [0.25, 0.3) is 0 Å². The van der Waals surface area contributed by atoms with Gasteiger partial charge < -0.3 is 10.1 Å². The molecule has 1 N–H and O–H groups in total. The second-order valence-electron chi connectivity index (χ2n) is 3.67. The maximum atomic E-state index is 11.5. The molecule has 1 heterocycles. The summed E-state index contributed by atoms with van der Waals surface area (Å²) in [5, 5.41) is 6.63. The SMILES string of the molecule is CCOC(=O)CNC(=O)Cn1nc(C)cc1C. The highest BCUT2D eigenvalue weighted by Crippen LogP contribution is 2.00. The third kappa shape index (κ3) is 4.26. The fourth-order valence-corrected chi connectivity index (χ4v) is 1.41. The van der Waals surface area contributed by atoms with Gasteiger partial charge in [0.15, 0.2) is 0 Å². The zero-order valence-electron chi connectivity index (χ0n) is 10.3. The molecular weight excluding hydrogens is 222 g/mol. The molecule has 0 saturated heterocycles. The van der Waals surface area contributed by atoms with Crippen LogP contribution in [0.4, 0.5) is 0 Å². The molecule has 0 aliphatic rings. The van der Waals surface area contributed by atoms with E-state index in [1.165, 1.54) is 0 Å². The molecule has 17 heavy (non-hydrogen) atoms. The molecule has 1 aromatic rings. The summed E-state index contributed by atoms with van der Waals surface area (Å²) in [4.78, 5) is 22.5. The average molecular weight is 239 g/mol. The lowest BCUT2D eigenvalue weighted by Gasteiger charge is -2.06. The quantitative estimate of drug-likeness (QED) is 0.744. The highest BCUT2D eigenvalue weighted by Gasteiger charge is 2.08. The van der Waals surface area contributed by atoms with Gasteiger partial charge in [-0.2, -0.15) is 5.10 Å². The van der Waals surface area contributed by atoms with Gasteiger partial charge in [-0.05, 0) is 26.8 Å². The van der Waals surface area contributed by atoms with Gasteiger partial charge in [0.1, 0.15) is 13.1 Å². The van der Waals surface area contributed by atoms with Crippen LogP contribution >= 0.6 is 0 Å². The van der Waals surface area contributed by atoms with Gasteiger partial charge >= 0.3 is 5.97 Å². The van der Waals surface area contributed by atoms with Gasteiger partial charge in [0, 0.05) is 5.69 Å². The van der Waals surface area contributed by atoms with Crippen LogP contribution in [0.3, 0.4) is 0 Å². The fourth-order valence-electron chi connectivity index (χ4n) is 1.41. The molecule has 1 aromatic heterocycles. The van der Waals surface area contributed by atoms with Crippen molar-refractivity contribution in [2.24, 2.45) is 0 Å². The van der Waals surface area contributed by atoms with E-state index in [1.807, 2.05) is 19.9 Å². The third-order valence-electron chi connectivity index (χ3n) is 2.13. The van der Waals surface area contributed by atoms with Crippen molar-refractivity contribution in [3.05, 3.63) is 17.5 Å². The summed E-state index contributed by atoms with van der Waals surface area (Å²) < 4.78 is 6.29. The number of hydrogen-bond donors (Lipinski definition) is 1. The van der Waals surface area contributed by atoms with Gasteiger partial charge in [-0.15, -0.1) is 0 Å². The molecule has 0 aliphatic heterocycles. The molecular formula is C11H17N3O3. The van der Waals surface area contributed by atoms with Crippen molar-refractivity contribution < 1.29 is 14.3 Å². The molecule has 6 nitrogen and oxygen atoms in total. The van der Waals surface area contributed by atoms with Crippen LogP contribution in [0, 0.1) is 13.8 Å². The lowest BCUT2D eigenvalue weighted by atomic mass is 10.4. The Morgan fingerprint density at radius 1 is 1.47 bits per heavy atom. The number of nitrogens with one attached hydrogen (secondary N) is 1. The van der Waals surface area contributed by atoms with Gasteiger partial charge in [-0.3, -0.25) is 14.3 Å². The summed E-state index contributed by atoms with van der Waals surface area (Å²) in [6, 6.07) is 1.89. The standard InChI is InChI=1S/C11H17N3O3/c1-4-17-11(16)6-12-10(15)7-14-9(3)5-8(2)13-14/h5H,4,6-7H2,1-3H3,(H,12,15). The summed E-state index contributed by atoms with van der Waals surface area (Å²) in [5.41, 5.74) is 1.77. The molecule has 0 bridgehead atoms. The van der Waals surface area contributed by atoms with E-state index in [1.54, 1.807) is 11.6 Å². The molecule has 0 aliphatic carbocycles. The monoisotopic (exact) mass is 239 g/mol. The van der Waals surface area contributed by atoms with Crippen molar-refractivity contribution in [3.63, 3.8) is 0 Å². The highest BCUT2D eigenvalue weighted by atomic mass is 16.5. The second kappa shape index (κ2) is 6.03. The van der Waals surface area contributed by atoms with Crippen LogP contribution in [0.25, 0.3) is 0 Å². The Hall–Kier alpha value is -1.85. The summed E-state index contributed by atoms with van der Waals surface area (Å²) in [6.07, 6.45) is 0. The van der Waals surface area contributed by atoms with Crippen molar-refractivity contribution in [2.45, 2.75) is 27.3 Å². The number of carbonyl (C=O) groups is 2. The molecule has 0 unspecified atom stereocenters.